The van der Waals surface area contributed by atoms with Crippen LogP contribution >= 0.6 is 0 Å². The number of aliphatic hydroxyl groups is 1. The summed E-state index contributed by atoms with van der Waals surface area (Å²) in [6.07, 6.45) is 8.08. The van der Waals surface area contributed by atoms with Crippen LogP contribution in [0.1, 0.15) is 58.8 Å². The van der Waals surface area contributed by atoms with Crippen molar-refractivity contribution in [3.63, 3.8) is 0 Å². The second-order valence-corrected chi connectivity index (χ2v) is 6.40. The third-order valence-electron chi connectivity index (χ3n) is 5.27. The molecule has 2 aliphatic carbocycles. The van der Waals surface area contributed by atoms with Crippen molar-refractivity contribution in [3.8, 4) is 0 Å². The monoisotopic (exact) mass is 225 g/mol. The third kappa shape index (κ3) is 1.80. The summed E-state index contributed by atoms with van der Waals surface area (Å²) in [7, 11) is 0. The summed E-state index contributed by atoms with van der Waals surface area (Å²) in [4.78, 5) is 0. The van der Waals surface area contributed by atoms with Gasteiger partial charge >= 0.3 is 0 Å². The van der Waals surface area contributed by atoms with Gasteiger partial charge < -0.3 is 10.8 Å². The molecule has 0 aromatic carbocycles. The molecular weight excluding hydrogens is 198 g/mol. The van der Waals surface area contributed by atoms with Crippen LogP contribution in [0.4, 0.5) is 0 Å². The van der Waals surface area contributed by atoms with E-state index in [1.165, 1.54) is 19.3 Å². The Morgan fingerprint density at radius 1 is 1.31 bits per heavy atom. The molecule has 2 atom stereocenters. The van der Waals surface area contributed by atoms with Gasteiger partial charge in [0, 0.05) is 12.0 Å². The summed E-state index contributed by atoms with van der Waals surface area (Å²) in [5, 5.41) is 10.8. The van der Waals surface area contributed by atoms with Crippen LogP contribution in [0.15, 0.2) is 0 Å². The number of rotatable bonds is 3. The molecule has 3 N–H and O–H groups in total. The van der Waals surface area contributed by atoms with E-state index in [0.717, 1.165) is 31.6 Å². The lowest BCUT2D eigenvalue weighted by molar-refractivity contribution is -0.178. The second kappa shape index (κ2) is 4.30. The highest BCUT2D eigenvalue weighted by atomic mass is 16.3. The predicted molar refractivity (Wildman–Crippen MR) is 67.1 cm³/mol. The first-order valence-electron chi connectivity index (χ1n) is 6.98. The Kier molecular flexibility index (Phi) is 3.33. The fourth-order valence-electron chi connectivity index (χ4n) is 4.16. The molecule has 2 heteroatoms. The standard InChI is InChI=1S/C14H27NO/c1-3-12-5-4-6-13(9-12,10-15)14(16)7-11(2)8-14/h11-12,16H,3-10,15H2,1-2H3. The molecule has 0 spiro atoms. The van der Waals surface area contributed by atoms with Crippen molar-refractivity contribution in [1.82, 2.24) is 0 Å². The maximum Gasteiger partial charge on any atom is 0.0721 e. The minimum atomic E-state index is -0.436. The first-order chi connectivity index (χ1) is 7.55. The number of hydrogen-bond donors (Lipinski definition) is 2. The van der Waals surface area contributed by atoms with Gasteiger partial charge in [-0.15, -0.1) is 0 Å². The minimum Gasteiger partial charge on any atom is -0.389 e. The van der Waals surface area contributed by atoms with Gasteiger partial charge in [-0.3, -0.25) is 0 Å². The summed E-state index contributed by atoms with van der Waals surface area (Å²) in [6.45, 7) is 5.18. The van der Waals surface area contributed by atoms with Crippen molar-refractivity contribution in [2.75, 3.05) is 6.54 Å². The summed E-state index contributed by atoms with van der Waals surface area (Å²) in [6, 6.07) is 0. The van der Waals surface area contributed by atoms with E-state index in [1.807, 2.05) is 0 Å². The quantitative estimate of drug-likeness (QED) is 0.775. The third-order valence-corrected chi connectivity index (χ3v) is 5.27. The highest BCUT2D eigenvalue weighted by Gasteiger charge is 2.56. The van der Waals surface area contributed by atoms with E-state index in [2.05, 4.69) is 13.8 Å². The molecular formula is C14H27NO. The zero-order valence-electron chi connectivity index (χ0n) is 10.8. The van der Waals surface area contributed by atoms with Gasteiger partial charge in [0.05, 0.1) is 5.60 Å². The van der Waals surface area contributed by atoms with Crippen molar-refractivity contribution in [1.29, 1.82) is 0 Å². The highest BCUT2D eigenvalue weighted by molar-refractivity contribution is 5.08. The molecule has 0 saturated heterocycles. The van der Waals surface area contributed by atoms with Crippen molar-refractivity contribution < 1.29 is 5.11 Å². The molecule has 2 unspecified atom stereocenters. The highest BCUT2D eigenvalue weighted by Crippen LogP contribution is 2.56. The molecule has 0 aromatic heterocycles. The summed E-state index contributed by atoms with van der Waals surface area (Å²) >= 11 is 0. The average Bonchev–Trinajstić information content (AvgIpc) is 2.27. The van der Waals surface area contributed by atoms with Gasteiger partial charge in [-0.25, -0.2) is 0 Å². The van der Waals surface area contributed by atoms with E-state index < -0.39 is 5.60 Å². The Labute approximate surface area is 99.6 Å². The van der Waals surface area contributed by atoms with Gasteiger partial charge in [0.1, 0.15) is 0 Å². The zero-order chi connectivity index (χ0) is 11.8. The van der Waals surface area contributed by atoms with E-state index in [4.69, 9.17) is 5.73 Å². The fraction of sp³-hybridized carbons (Fsp3) is 1.00. The van der Waals surface area contributed by atoms with Gasteiger partial charge in [-0.1, -0.05) is 33.1 Å². The summed E-state index contributed by atoms with van der Waals surface area (Å²) in [5.41, 5.74) is 5.64. The molecule has 16 heavy (non-hydrogen) atoms. The Hall–Kier alpha value is -0.0800. The smallest absolute Gasteiger partial charge is 0.0721 e. The predicted octanol–water partition coefficient (Wildman–Crippen LogP) is 2.69. The van der Waals surface area contributed by atoms with Crippen LogP contribution in [-0.2, 0) is 0 Å². The van der Waals surface area contributed by atoms with Crippen LogP contribution in [0, 0.1) is 17.3 Å². The van der Waals surface area contributed by atoms with Crippen molar-refractivity contribution >= 4 is 0 Å². The maximum absolute atomic E-state index is 10.8. The summed E-state index contributed by atoms with van der Waals surface area (Å²) in [5.74, 6) is 1.48. The molecule has 2 nitrogen and oxygen atoms in total. The van der Waals surface area contributed by atoms with Crippen LogP contribution in [0.25, 0.3) is 0 Å². The molecule has 0 heterocycles. The molecule has 0 radical (unpaired) electrons. The van der Waals surface area contributed by atoms with Crippen molar-refractivity contribution in [3.05, 3.63) is 0 Å². The van der Waals surface area contributed by atoms with E-state index in [9.17, 15) is 5.11 Å². The lowest BCUT2D eigenvalue weighted by atomic mass is 9.51. The van der Waals surface area contributed by atoms with Crippen LogP contribution in [0.3, 0.4) is 0 Å². The largest absolute Gasteiger partial charge is 0.389 e. The first-order valence-corrected chi connectivity index (χ1v) is 6.98. The summed E-state index contributed by atoms with van der Waals surface area (Å²) < 4.78 is 0. The molecule has 94 valence electrons. The molecule has 0 bridgehead atoms. The molecule has 2 aliphatic rings. The van der Waals surface area contributed by atoms with E-state index in [1.54, 1.807) is 0 Å². The van der Waals surface area contributed by atoms with Crippen molar-refractivity contribution in [2.45, 2.75) is 64.4 Å². The maximum atomic E-state index is 10.8. The van der Waals surface area contributed by atoms with Crippen LogP contribution in [0.2, 0.25) is 0 Å². The van der Waals surface area contributed by atoms with E-state index in [0.29, 0.717) is 12.5 Å². The normalized spacial score (nSPS) is 48.8. The van der Waals surface area contributed by atoms with Gasteiger partial charge in [0.25, 0.3) is 0 Å². The Morgan fingerprint density at radius 3 is 2.50 bits per heavy atom. The molecule has 2 saturated carbocycles. The molecule has 2 fully saturated rings. The van der Waals surface area contributed by atoms with Crippen molar-refractivity contribution in [2.24, 2.45) is 23.0 Å². The molecule has 0 aliphatic heterocycles. The lowest BCUT2D eigenvalue weighted by Gasteiger charge is -2.58. The Balaban J connectivity index is 2.12. The van der Waals surface area contributed by atoms with E-state index in [-0.39, 0.29) is 5.41 Å². The Morgan fingerprint density at radius 2 is 2.00 bits per heavy atom. The molecule has 2 rings (SSSR count). The topological polar surface area (TPSA) is 46.2 Å². The lowest BCUT2D eigenvalue weighted by Crippen LogP contribution is -2.61. The number of hydrogen-bond acceptors (Lipinski definition) is 2. The van der Waals surface area contributed by atoms with Gasteiger partial charge in [-0.2, -0.15) is 0 Å². The van der Waals surface area contributed by atoms with Gasteiger partial charge in [0.15, 0.2) is 0 Å². The Bertz CT molecular complexity index is 247. The van der Waals surface area contributed by atoms with Crippen LogP contribution in [0.5, 0.6) is 0 Å². The average molecular weight is 225 g/mol. The second-order valence-electron chi connectivity index (χ2n) is 6.40. The van der Waals surface area contributed by atoms with E-state index >= 15 is 0 Å². The van der Waals surface area contributed by atoms with Crippen LogP contribution in [-0.4, -0.2) is 17.3 Å². The SMILES string of the molecule is CCC1CCCC(CN)(C2(O)CC(C)C2)C1. The molecule has 0 amide bonds. The zero-order valence-corrected chi connectivity index (χ0v) is 10.8. The van der Waals surface area contributed by atoms with Crippen LogP contribution < -0.4 is 5.73 Å². The first kappa shape index (κ1) is 12.4. The van der Waals surface area contributed by atoms with Gasteiger partial charge in [-0.05, 0) is 37.5 Å². The number of nitrogens with two attached hydrogens (primary N) is 1. The minimum absolute atomic E-state index is 0.0401. The fourth-order valence-corrected chi connectivity index (χ4v) is 4.16. The van der Waals surface area contributed by atoms with Gasteiger partial charge in [0.2, 0.25) is 0 Å². The molecule has 0 aromatic rings.